The van der Waals surface area contributed by atoms with Crippen molar-refractivity contribution in [2.45, 2.75) is 19.6 Å². The summed E-state index contributed by atoms with van der Waals surface area (Å²) < 4.78 is 5.91. The second-order valence-electron chi connectivity index (χ2n) is 5.55. The lowest BCUT2D eigenvalue weighted by molar-refractivity contribution is 0.186. The Morgan fingerprint density at radius 1 is 1.31 bits per heavy atom. The summed E-state index contributed by atoms with van der Waals surface area (Å²) in [6.07, 6.45) is -0.663. The number of aliphatic imine (C=N–C) groups is 1. The molecule has 0 saturated carbocycles. The number of thiophene rings is 1. The monoisotopic (exact) mass is 509 g/mol. The van der Waals surface area contributed by atoms with Crippen molar-refractivity contribution in [3.05, 3.63) is 51.2 Å². The predicted octanol–water partition coefficient (Wildman–Crippen LogP) is 4.16. The van der Waals surface area contributed by atoms with Gasteiger partial charge in [0.05, 0.1) is 30.6 Å². The minimum Gasteiger partial charge on any atom is -0.497 e. The Morgan fingerprint density at radius 2 is 2.00 bits per heavy atom. The van der Waals surface area contributed by atoms with E-state index in [-0.39, 0.29) is 30.5 Å². The van der Waals surface area contributed by atoms with Crippen molar-refractivity contribution in [2.24, 2.45) is 4.99 Å². The number of methoxy groups -OCH3 is 1. The zero-order valence-corrected chi connectivity index (χ0v) is 19.0. The largest absolute Gasteiger partial charge is 0.497 e. The van der Waals surface area contributed by atoms with Crippen LogP contribution < -0.4 is 10.1 Å². The third kappa shape index (κ3) is 6.94. The molecular weight excluding hydrogens is 485 g/mol. The number of hydrogen-bond acceptors (Lipinski definition) is 4. The number of aliphatic hydroxyl groups excluding tert-OH is 1. The van der Waals surface area contributed by atoms with Crippen LogP contribution in [0.1, 0.15) is 23.5 Å². The van der Waals surface area contributed by atoms with E-state index in [0.717, 1.165) is 33.0 Å². The van der Waals surface area contributed by atoms with E-state index in [1.54, 1.807) is 18.4 Å². The number of nitrogens with zero attached hydrogens (tertiary/aromatic N) is 2. The van der Waals surface area contributed by atoms with Crippen LogP contribution in [0, 0.1) is 0 Å². The van der Waals surface area contributed by atoms with Gasteiger partial charge in [0.1, 0.15) is 5.75 Å². The minimum absolute atomic E-state index is 0. The van der Waals surface area contributed by atoms with Crippen LogP contribution in [0.15, 0.2) is 41.4 Å². The highest BCUT2D eigenvalue weighted by Gasteiger charge is 2.11. The van der Waals surface area contributed by atoms with Crippen molar-refractivity contribution in [1.82, 2.24) is 10.2 Å². The lowest BCUT2D eigenvalue weighted by Crippen LogP contribution is -2.38. The van der Waals surface area contributed by atoms with E-state index in [0.29, 0.717) is 6.54 Å². The van der Waals surface area contributed by atoms with Crippen molar-refractivity contribution in [2.75, 3.05) is 27.2 Å². The van der Waals surface area contributed by atoms with Crippen LogP contribution in [0.4, 0.5) is 0 Å². The number of rotatable bonds is 7. The first kappa shape index (κ1) is 23.0. The molecule has 0 bridgehead atoms. The van der Waals surface area contributed by atoms with Crippen molar-refractivity contribution in [3.63, 3.8) is 0 Å². The first-order chi connectivity index (χ1) is 12.0. The molecule has 0 aliphatic carbocycles. The molecule has 2 aromatic rings. The molecular formula is C18H25ClIN3O2S. The molecule has 1 aromatic carbocycles. The molecule has 2 N–H and O–H groups in total. The molecule has 2 rings (SSSR count). The Hall–Kier alpha value is -1.03. The third-order valence-electron chi connectivity index (χ3n) is 3.63. The molecule has 0 spiro atoms. The third-order valence-corrected chi connectivity index (χ3v) is 4.85. The van der Waals surface area contributed by atoms with E-state index in [1.807, 2.05) is 55.3 Å². The highest BCUT2D eigenvalue weighted by Crippen LogP contribution is 2.22. The van der Waals surface area contributed by atoms with Gasteiger partial charge >= 0.3 is 0 Å². The van der Waals surface area contributed by atoms with E-state index in [1.165, 1.54) is 0 Å². The quantitative estimate of drug-likeness (QED) is 0.334. The summed E-state index contributed by atoms with van der Waals surface area (Å²) in [5.74, 6) is 1.52. The molecule has 144 valence electrons. The van der Waals surface area contributed by atoms with Crippen LogP contribution >= 0.6 is 46.9 Å². The molecule has 1 unspecified atom stereocenters. The molecule has 0 radical (unpaired) electrons. The fourth-order valence-corrected chi connectivity index (χ4v) is 3.46. The Bertz CT molecular complexity index is 694. The second kappa shape index (κ2) is 11.6. The summed E-state index contributed by atoms with van der Waals surface area (Å²) in [5, 5.41) is 13.6. The maximum Gasteiger partial charge on any atom is 0.194 e. The Morgan fingerprint density at radius 3 is 2.54 bits per heavy atom. The maximum absolute atomic E-state index is 10.4. The number of hydrogen-bond donors (Lipinski definition) is 2. The molecule has 0 amide bonds. The van der Waals surface area contributed by atoms with Crippen molar-refractivity contribution >= 4 is 52.9 Å². The van der Waals surface area contributed by atoms with Crippen LogP contribution in [0.5, 0.6) is 5.75 Å². The van der Waals surface area contributed by atoms with Crippen molar-refractivity contribution in [3.8, 4) is 5.75 Å². The van der Waals surface area contributed by atoms with E-state index >= 15 is 0 Å². The van der Waals surface area contributed by atoms with Gasteiger partial charge in [-0.3, -0.25) is 4.99 Å². The molecule has 5 nitrogen and oxygen atoms in total. The summed E-state index contributed by atoms with van der Waals surface area (Å²) >= 11 is 7.54. The fourth-order valence-electron chi connectivity index (χ4n) is 2.32. The Kier molecular flexibility index (Phi) is 10.3. The summed E-state index contributed by atoms with van der Waals surface area (Å²) in [4.78, 5) is 7.74. The summed E-state index contributed by atoms with van der Waals surface area (Å²) in [5.41, 5.74) is 0.813. The molecule has 0 fully saturated rings. The normalized spacial score (nSPS) is 12.3. The van der Waals surface area contributed by atoms with E-state index in [4.69, 9.17) is 16.3 Å². The zero-order valence-electron chi connectivity index (χ0n) is 15.1. The molecule has 1 atom stereocenters. The first-order valence-corrected chi connectivity index (χ1v) is 9.28. The lowest BCUT2D eigenvalue weighted by atomic mass is 10.1. The average Bonchev–Trinajstić information content (AvgIpc) is 3.03. The van der Waals surface area contributed by atoms with E-state index in [2.05, 4.69) is 10.3 Å². The van der Waals surface area contributed by atoms with Gasteiger partial charge in [0.25, 0.3) is 0 Å². The number of benzene rings is 1. The number of guanidine groups is 1. The van der Waals surface area contributed by atoms with Gasteiger partial charge in [-0.1, -0.05) is 23.7 Å². The molecule has 8 heteroatoms. The van der Waals surface area contributed by atoms with Crippen LogP contribution in [0.25, 0.3) is 0 Å². The summed E-state index contributed by atoms with van der Waals surface area (Å²) in [6, 6.07) is 11.3. The zero-order chi connectivity index (χ0) is 18.2. The lowest BCUT2D eigenvalue weighted by Gasteiger charge is -2.22. The predicted molar refractivity (Wildman–Crippen MR) is 120 cm³/mol. The first-order valence-electron chi connectivity index (χ1n) is 8.09. The minimum atomic E-state index is -0.663. The molecule has 26 heavy (non-hydrogen) atoms. The maximum atomic E-state index is 10.4. The van der Waals surface area contributed by atoms with Gasteiger partial charge in [0, 0.05) is 18.5 Å². The summed E-state index contributed by atoms with van der Waals surface area (Å²) in [6.45, 7) is 3.77. The van der Waals surface area contributed by atoms with Gasteiger partial charge in [-0.05, 0) is 36.8 Å². The average molecular weight is 510 g/mol. The molecule has 0 aliphatic heterocycles. The van der Waals surface area contributed by atoms with Crippen molar-refractivity contribution < 1.29 is 9.84 Å². The van der Waals surface area contributed by atoms with Crippen LogP contribution in [-0.2, 0) is 6.54 Å². The second-order valence-corrected chi connectivity index (χ2v) is 7.35. The van der Waals surface area contributed by atoms with Crippen LogP contribution in [-0.4, -0.2) is 43.2 Å². The van der Waals surface area contributed by atoms with Crippen molar-refractivity contribution in [1.29, 1.82) is 0 Å². The topological polar surface area (TPSA) is 57.1 Å². The molecule has 1 heterocycles. The molecule has 0 aliphatic rings. The van der Waals surface area contributed by atoms with Gasteiger partial charge in [-0.25, -0.2) is 0 Å². The van der Waals surface area contributed by atoms with Gasteiger partial charge in [-0.15, -0.1) is 35.3 Å². The fraction of sp³-hybridized carbons (Fsp3) is 0.389. The van der Waals surface area contributed by atoms with E-state index < -0.39 is 6.10 Å². The van der Waals surface area contributed by atoms with E-state index in [9.17, 15) is 5.11 Å². The van der Waals surface area contributed by atoms with Crippen LogP contribution in [0.2, 0.25) is 4.34 Å². The summed E-state index contributed by atoms with van der Waals surface area (Å²) in [7, 11) is 3.59. The number of ether oxygens (including phenoxy) is 1. The molecule has 1 aromatic heterocycles. The highest BCUT2D eigenvalue weighted by molar-refractivity contribution is 14.0. The van der Waals surface area contributed by atoms with Gasteiger partial charge in [-0.2, -0.15) is 0 Å². The molecule has 0 saturated heterocycles. The number of nitrogens with one attached hydrogen (secondary N) is 1. The standard InChI is InChI=1S/C18H24ClN3O2S.HI/c1-4-20-18(22(2)12-15-9-10-17(19)25-15)21-11-16(23)13-5-7-14(24-3)8-6-13;/h5-10,16,23H,4,11-12H2,1-3H3,(H,20,21);1H. The number of halogens is 2. The SMILES string of the molecule is CCNC(=NCC(O)c1ccc(OC)cc1)N(C)Cc1ccc(Cl)s1.I. The smallest absolute Gasteiger partial charge is 0.194 e. The van der Waals surface area contributed by atoms with Gasteiger partial charge in [0.2, 0.25) is 0 Å². The van der Waals surface area contributed by atoms with Crippen LogP contribution in [0.3, 0.4) is 0 Å². The Balaban J connectivity index is 0.00000338. The number of aliphatic hydroxyl groups is 1. The Labute approximate surface area is 181 Å². The highest BCUT2D eigenvalue weighted by atomic mass is 127. The van der Waals surface area contributed by atoms with Gasteiger partial charge in [0.15, 0.2) is 5.96 Å². The van der Waals surface area contributed by atoms with Gasteiger partial charge < -0.3 is 20.1 Å².